The Morgan fingerprint density at radius 3 is 2.23 bits per heavy atom. The van der Waals surface area contributed by atoms with E-state index in [9.17, 15) is 9.59 Å². The zero-order chi connectivity index (χ0) is 21.3. The summed E-state index contributed by atoms with van der Waals surface area (Å²) in [4.78, 5) is 26.3. The van der Waals surface area contributed by atoms with Gasteiger partial charge >= 0.3 is 0 Å². The number of carbonyl (C=O) groups excluding carboxylic acids is 2. The highest BCUT2D eigenvalue weighted by molar-refractivity contribution is 6.03. The maximum atomic E-state index is 12.6. The molecule has 1 atom stereocenters. The monoisotopic (exact) mass is 402 g/mol. The number of amides is 2. The van der Waals surface area contributed by atoms with E-state index in [2.05, 4.69) is 41.8 Å². The van der Waals surface area contributed by atoms with Gasteiger partial charge < -0.3 is 15.5 Å². The van der Waals surface area contributed by atoms with Crippen LogP contribution < -0.4 is 15.5 Å². The van der Waals surface area contributed by atoms with Crippen LogP contribution in [-0.2, 0) is 17.9 Å². The summed E-state index contributed by atoms with van der Waals surface area (Å²) in [7, 11) is 1.98. The summed E-state index contributed by atoms with van der Waals surface area (Å²) in [5.74, 6) is -0.335. The van der Waals surface area contributed by atoms with Crippen molar-refractivity contribution in [1.29, 1.82) is 0 Å². The molecule has 0 spiro atoms. The molecular weight excluding hydrogens is 374 g/mol. The van der Waals surface area contributed by atoms with E-state index in [0.717, 1.165) is 17.0 Å². The molecule has 0 aromatic heterocycles. The molecule has 3 rings (SSSR count). The summed E-state index contributed by atoms with van der Waals surface area (Å²) in [5.41, 5.74) is 4.41. The van der Waals surface area contributed by atoms with Crippen molar-refractivity contribution < 1.29 is 14.5 Å². The van der Waals surface area contributed by atoms with E-state index in [1.165, 1.54) is 11.1 Å². The second-order valence-electron chi connectivity index (χ2n) is 7.56. The highest BCUT2D eigenvalue weighted by Crippen LogP contribution is 2.15. The average Bonchev–Trinajstić information content (AvgIpc) is 2.74. The van der Waals surface area contributed by atoms with Gasteiger partial charge in [0, 0.05) is 12.1 Å². The van der Waals surface area contributed by atoms with Gasteiger partial charge in [0.05, 0.1) is 18.3 Å². The molecule has 0 aliphatic rings. The standard InChI is InChI=1S/C25H27N3O2/c1-19-12-14-21(15-13-19)17-28(2)18-24(29)27-23-11-7-6-10-22(23)25(30)26-16-20-8-4-3-5-9-20/h3-15H,16-18H2,1-2H3,(H,26,30)(H,27,29)/p+1. The number of benzene rings is 3. The summed E-state index contributed by atoms with van der Waals surface area (Å²) in [6, 6.07) is 25.1. The topological polar surface area (TPSA) is 62.6 Å². The minimum atomic E-state index is -0.213. The Kier molecular flexibility index (Phi) is 7.35. The molecule has 0 aliphatic carbocycles. The number of likely N-dealkylation sites (N-methyl/N-ethyl adjacent to an activating group) is 1. The quantitative estimate of drug-likeness (QED) is 0.542. The van der Waals surface area contributed by atoms with Crippen molar-refractivity contribution in [3.8, 4) is 0 Å². The number of hydrogen-bond donors (Lipinski definition) is 3. The Labute approximate surface area is 177 Å². The first kappa shape index (κ1) is 21.3. The SMILES string of the molecule is Cc1ccc(C[NH+](C)CC(=O)Nc2ccccc2C(=O)NCc2ccccc2)cc1. The lowest BCUT2D eigenvalue weighted by atomic mass is 10.1. The van der Waals surface area contributed by atoms with Crippen molar-refractivity contribution in [2.75, 3.05) is 18.9 Å². The van der Waals surface area contributed by atoms with Crippen LogP contribution in [0.1, 0.15) is 27.0 Å². The molecule has 3 aromatic rings. The van der Waals surface area contributed by atoms with Crippen molar-refractivity contribution >= 4 is 17.5 Å². The number of para-hydroxylation sites is 1. The van der Waals surface area contributed by atoms with Crippen molar-refractivity contribution in [2.24, 2.45) is 0 Å². The molecule has 3 aromatic carbocycles. The molecule has 2 amide bonds. The van der Waals surface area contributed by atoms with Crippen molar-refractivity contribution in [3.05, 3.63) is 101 Å². The third-order valence-electron chi connectivity index (χ3n) is 4.83. The highest BCUT2D eigenvalue weighted by Gasteiger charge is 2.15. The van der Waals surface area contributed by atoms with E-state index in [-0.39, 0.29) is 11.8 Å². The molecule has 30 heavy (non-hydrogen) atoms. The number of nitrogens with one attached hydrogen (secondary N) is 3. The van der Waals surface area contributed by atoms with Crippen LogP contribution in [0, 0.1) is 6.92 Å². The minimum Gasteiger partial charge on any atom is -0.348 e. The maximum Gasteiger partial charge on any atom is 0.279 e. The van der Waals surface area contributed by atoms with E-state index < -0.39 is 0 Å². The molecule has 0 saturated heterocycles. The predicted octanol–water partition coefficient (Wildman–Crippen LogP) is 2.58. The van der Waals surface area contributed by atoms with Gasteiger partial charge in [0.2, 0.25) is 0 Å². The highest BCUT2D eigenvalue weighted by atomic mass is 16.2. The maximum absolute atomic E-state index is 12.6. The van der Waals surface area contributed by atoms with E-state index in [1.54, 1.807) is 18.2 Å². The van der Waals surface area contributed by atoms with Gasteiger partial charge in [0.1, 0.15) is 6.54 Å². The Morgan fingerprint density at radius 1 is 0.833 bits per heavy atom. The van der Waals surface area contributed by atoms with Crippen LogP contribution in [0.3, 0.4) is 0 Å². The van der Waals surface area contributed by atoms with Gasteiger partial charge in [-0.1, -0.05) is 72.3 Å². The molecule has 0 fully saturated rings. The first-order valence-corrected chi connectivity index (χ1v) is 10.1. The van der Waals surface area contributed by atoms with Crippen LogP contribution in [0.2, 0.25) is 0 Å². The first-order chi connectivity index (χ1) is 14.5. The fourth-order valence-corrected chi connectivity index (χ4v) is 3.25. The van der Waals surface area contributed by atoms with E-state index >= 15 is 0 Å². The average molecular weight is 403 g/mol. The number of rotatable bonds is 8. The Balaban J connectivity index is 1.57. The van der Waals surface area contributed by atoms with E-state index in [0.29, 0.717) is 24.3 Å². The lowest BCUT2D eigenvalue weighted by Crippen LogP contribution is -3.08. The Bertz CT molecular complexity index is 985. The Morgan fingerprint density at radius 2 is 1.50 bits per heavy atom. The van der Waals surface area contributed by atoms with Gasteiger partial charge in [-0.3, -0.25) is 9.59 Å². The second-order valence-corrected chi connectivity index (χ2v) is 7.56. The van der Waals surface area contributed by atoms with Gasteiger partial charge in [-0.25, -0.2) is 0 Å². The molecule has 0 bridgehead atoms. The summed E-state index contributed by atoms with van der Waals surface area (Å²) < 4.78 is 0. The summed E-state index contributed by atoms with van der Waals surface area (Å²) in [6.45, 7) is 3.56. The zero-order valence-electron chi connectivity index (χ0n) is 17.4. The van der Waals surface area contributed by atoms with Crippen LogP contribution in [-0.4, -0.2) is 25.4 Å². The lowest BCUT2D eigenvalue weighted by Gasteiger charge is -2.15. The number of carbonyl (C=O) groups is 2. The number of anilines is 1. The smallest absolute Gasteiger partial charge is 0.279 e. The number of quaternary nitrogens is 1. The molecule has 0 saturated carbocycles. The van der Waals surface area contributed by atoms with Crippen molar-refractivity contribution in [2.45, 2.75) is 20.0 Å². The van der Waals surface area contributed by atoms with Crippen LogP contribution in [0.4, 0.5) is 5.69 Å². The van der Waals surface area contributed by atoms with Gasteiger partial charge in [0.25, 0.3) is 11.8 Å². The van der Waals surface area contributed by atoms with Crippen LogP contribution in [0.25, 0.3) is 0 Å². The van der Waals surface area contributed by atoms with E-state index in [4.69, 9.17) is 0 Å². The molecule has 0 aliphatic heterocycles. The van der Waals surface area contributed by atoms with Crippen LogP contribution in [0.15, 0.2) is 78.9 Å². The van der Waals surface area contributed by atoms with Crippen molar-refractivity contribution in [1.82, 2.24) is 5.32 Å². The van der Waals surface area contributed by atoms with Crippen LogP contribution in [0.5, 0.6) is 0 Å². The fraction of sp³-hybridized carbons (Fsp3) is 0.200. The number of hydrogen-bond acceptors (Lipinski definition) is 2. The van der Waals surface area contributed by atoms with Crippen molar-refractivity contribution in [3.63, 3.8) is 0 Å². The normalized spacial score (nSPS) is 11.5. The number of aryl methyl sites for hydroxylation is 1. The summed E-state index contributed by atoms with van der Waals surface area (Å²) >= 11 is 0. The molecule has 0 heterocycles. The molecule has 154 valence electrons. The van der Waals surface area contributed by atoms with Crippen LogP contribution >= 0.6 is 0 Å². The lowest BCUT2D eigenvalue weighted by molar-refractivity contribution is -0.885. The predicted molar refractivity (Wildman–Crippen MR) is 119 cm³/mol. The third-order valence-corrected chi connectivity index (χ3v) is 4.83. The zero-order valence-corrected chi connectivity index (χ0v) is 17.4. The third kappa shape index (κ3) is 6.29. The second kappa shape index (κ2) is 10.4. The van der Waals surface area contributed by atoms with Gasteiger partial charge in [-0.2, -0.15) is 0 Å². The molecule has 5 heteroatoms. The fourth-order valence-electron chi connectivity index (χ4n) is 3.25. The molecule has 5 nitrogen and oxygen atoms in total. The largest absolute Gasteiger partial charge is 0.348 e. The minimum absolute atomic E-state index is 0.122. The first-order valence-electron chi connectivity index (χ1n) is 10.1. The van der Waals surface area contributed by atoms with Gasteiger partial charge in [-0.15, -0.1) is 0 Å². The summed E-state index contributed by atoms with van der Waals surface area (Å²) in [5, 5.41) is 5.81. The Hall–Kier alpha value is -3.44. The molecule has 0 radical (unpaired) electrons. The van der Waals surface area contributed by atoms with Gasteiger partial charge in [-0.05, 0) is 24.6 Å². The molecular formula is C25H28N3O2+. The molecule has 1 unspecified atom stereocenters. The summed E-state index contributed by atoms with van der Waals surface area (Å²) in [6.07, 6.45) is 0. The van der Waals surface area contributed by atoms with E-state index in [1.807, 2.05) is 43.4 Å². The van der Waals surface area contributed by atoms with Gasteiger partial charge in [0.15, 0.2) is 6.54 Å². The molecule has 3 N–H and O–H groups in total.